The highest BCUT2D eigenvalue weighted by atomic mass is 15.2. The molecule has 5 nitrogen and oxygen atoms in total. The number of hydrogen-bond donors (Lipinski definition) is 1. The summed E-state index contributed by atoms with van der Waals surface area (Å²) in [6.07, 6.45) is 9.13. The molecule has 2 aromatic heterocycles. The Morgan fingerprint density at radius 2 is 1.95 bits per heavy atom. The fraction of sp³-hybridized carbons (Fsp3) is 0.500. The Labute approximate surface area is 125 Å². The fourth-order valence-electron chi connectivity index (χ4n) is 2.79. The van der Waals surface area contributed by atoms with Gasteiger partial charge in [0.25, 0.3) is 0 Å². The third-order valence-electron chi connectivity index (χ3n) is 3.98. The monoisotopic (exact) mass is 285 g/mol. The molecule has 0 saturated carbocycles. The molecule has 5 heteroatoms. The highest BCUT2D eigenvalue weighted by Gasteiger charge is 2.11. The smallest absolute Gasteiger partial charge is 0.191 e. The number of guanidine groups is 1. The van der Waals surface area contributed by atoms with Crippen molar-refractivity contribution in [1.82, 2.24) is 14.3 Å². The summed E-state index contributed by atoms with van der Waals surface area (Å²) in [6.45, 7) is 4.68. The van der Waals surface area contributed by atoms with E-state index in [4.69, 9.17) is 5.73 Å². The maximum Gasteiger partial charge on any atom is 0.191 e. The molecule has 0 aliphatic carbocycles. The Morgan fingerprint density at radius 3 is 2.71 bits per heavy atom. The first-order valence-corrected chi connectivity index (χ1v) is 7.71. The Balaban J connectivity index is 1.70. The van der Waals surface area contributed by atoms with Crippen LogP contribution in [0, 0.1) is 6.92 Å². The van der Waals surface area contributed by atoms with Gasteiger partial charge in [-0.2, -0.15) is 0 Å². The van der Waals surface area contributed by atoms with Gasteiger partial charge in [0.05, 0.1) is 12.2 Å². The second-order valence-electron chi connectivity index (χ2n) is 5.78. The molecule has 2 N–H and O–H groups in total. The molecular weight excluding hydrogens is 262 g/mol. The zero-order valence-corrected chi connectivity index (χ0v) is 12.6. The lowest BCUT2D eigenvalue weighted by Crippen LogP contribution is -2.38. The van der Waals surface area contributed by atoms with E-state index in [0.717, 1.165) is 24.4 Å². The molecule has 1 aliphatic heterocycles. The molecule has 1 fully saturated rings. The summed E-state index contributed by atoms with van der Waals surface area (Å²) in [6, 6.07) is 4.10. The second kappa shape index (κ2) is 6.16. The van der Waals surface area contributed by atoms with E-state index >= 15 is 0 Å². The number of aryl methyl sites for hydroxylation is 1. The summed E-state index contributed by atoms with van der Waals surface area (Å²) in [7, 11) is 0. The summed E-state index contributed by atoms with van der Waals surface area (Å²) in [5, 5.41) is 0. The van der Waals surface area contributed by atoms with Gasteiger partial charge in [0.2, 0.25) is 0 Å². The first kappa shape index (κ1) is 13.9. The van der Waals surface area contributed by atoms with Gasteiger partial charge >= 0.3 is 0 Å². The lowest BCUT2D eigenvalue weighted by atomic mass is 10.2. The number of aromatic nitrogens is 2. The number of aliphatic imine (C=N–C) groups is 1. The Kier molecular flexibility index (Phi) is 4.08. The van der Waals surface area contributed by atoms with Crippen LogP contribution < -0.4 is 5.73 Å². The molecule has 0 unspecified atom stereocenters. The van der Waals surface area contributed by atoms with Crippen LogP contribution in [0.3, 0.4) is 0 Å². The topological polar surface area (TPSA) is 58.9 Å². The van der Waals surface area contributed by atoms with Crippen LogP contribution in [0.25, 0.3) is 5.65 Å². The molecule has 3 rings (SSSR count). The van der Waals surface area contributed by atoms with Crippen LogP contribution in [0.15, 0.2) is 29.5 Å². The molecular formula is C16H23N5. The van der Waals surface area contributed by atoms with Crippen molar-refractivity contribution in [1.29, 1.82) is 0 Å². The van der Waals surface area contributed by atoms with E-state index in [1.165, 1.54) is 31.2 Å². The normalized spacial score (nSPS) is 17.2. The van der Waals surface area contributed by atoms with Crippen molar-refractivity contribution < 1.29 is 0 Å². The average molecular weight is 285 g/mol. The van der Waals surface area contributed by atoms with Crippen LogP contribution >= 0.6 is 0 Å². The SMILES string of the molecule is Cc1ccc2nc(CN=C(N)N3CCCCCC3)cn2c1. The largest absolute Gasteiger partial charge is 0.370 e. The quantitative estimate of drug-likeness (QED) is 0.680. The van der Waals surface area contributed by atoms with Crippen molar-refractivity contribution in [3.8, 4) is 0 Å². The standard InChI is InChI=1S/C16H23N5/c1-13-6-7-15-19-14(12-21(15)11-13)10-18-16(17)20-8-4-2-3-5-9-20/h6-7,11-12H,2-5,8-10H2,1H3,(H2,17,18). The van der Waals surface area contributed by atoms with Crippen LogP contribution in [-0.4, -0.2) is 33.3 Å². The summed E-state index contributed by atoms with van der Waals surface area (Å²) >= 11 is 0. The summed E-state index contributed by atoms with van der Waals surface area (Å²) in [5.74, 6) is 0.658. The van der Waals surface area contributed by atoms with E-state index in [2.05, 4.69) is 34.1 Å². The van der Waals surface area contributed by atoms with E-state index < -0.39 is 0 Å². The minimum absolute atomic E-state index is 0.545. The molecule has 112 valence electrons. The first-order valence-electron chi connectivity index (χ1n) is 7.71. The van der Waals surface area contributed by atoms with Crippen molar-refractivity contribution in [3.05, 3.63) is 35.8 Å². The fourth-order valence-corrected chi connectivity index (χ4v) is 2.79. The summed E-state index contributed by atoms with van der Waals surface area (Å²) in [4.78, 5) is 11.3. The van der Waals surface area contributed by atoms with Crippen LogP contribution in [0.4, 0.5) is 0 Å². The van der Waals surface area contributed by atoms with Gasteiger partial charge in [0.1, 0.15) is 5.65 Å². The van der Waals surface area contributed by atoms with Crippen LogP contribution in [0.2, 0.25) is 0 Å². The molecule has 1 saturated heterocycles. The maximum absolute atomic E-state index is 6.13. The van der Waals surface area contributed by atoms with Crippen molar-refractivity contribution in [2.75, 3.05) is 13.1 Å². The lowest BCUT2D eigenvalue weighted by molar-refractivity contribution is 0.428. The second-order valence-corrected chi connectivity index (χ2v) is 5.78. The van der Waals surface area contributed by atoms with E-state index in [1.54, 1.807) is 0 Å². The number of likely N-dealkylation sites (tertiary alicyclic amines) is 1. The van der Waals surface area contributed by atoms with Crippen molar-refractivity contribution in [2.45, 2.75) is 39.2 Å². The highest BCUT2D eigenvalue weighted by Crippen LogP contribution is 2.11. The lowest BCUT2D eigenvalue weighted by Gasteiger charge is -2.20. The molecule has 3 heterocycles. The third kappa shape index (κ3) is 3.35. The minimum Gasteiger partial charge on any atom is -0.370 e. The van der Waals surface area contributed by atoms with Gasteiger partial charge in [-0.15, -0.1) is 0 Å². The predicted octanol–water partition coefficient (Wildman–Crippen LogP) is 2.33. The number of fused-ring (bicyclic) bond motifs is 1. The molecule has 0 amide bonds. The minimum atomic E-state index is 0.545. The average Bonchev–Trinajstić information content (AvgIpc) is 2.69. The number of imidazole rings is 1. The molecule has 0 bridgehead atoms. The zero-order valence-electron chi connectivity index (χ0n) is 12.6. The molecule has 2 aromatic rings. The molecule has 0 atom stereocenters. The molecule has 21 heavy (non-hydrogen) atoms. The van der Waals surface area contributed by atoms with Gasteiger partial charge in [-0.1, -0.05) is 18.9 Å². The van der Waals surface area contributed by atoms with Crippen LogP contribution in [-0.2, 0) is 6.54 Å². The van der Waals surface area contributed by atoms with Crippen molar-refractivity contribution in [2.24, 2.45) is 10.7 Å². The molecule has 0 aromatic carbocycles. The Morgan fingerprint density at radius 1 is 1.19 bits per heavy atom. The summed E-state index contributed by atoms with van der Waals surface area (Å²) < 4.78 is 2.04. The number of nitrogens with two attached hydrogens (primary N) is 1. The number of rotatable bonds is 2. The van der Waals surface area contributed by atoms with Crippen molar-refractivity contribution in [3.63, 3.8) is 0 Å². The Hall–Kier alpha value is -2.04. The molecule has 1 aliphatic rings. The number of pyridine rings is 1. The summed E-state index contributed by atoms with van der Waals surface area (Å²) in [5.41, 5.74) is 9.26. The molecule has 0 spiro atoms. The van der Waals surface area contributed by atoms with Crippen molar-refractivity contribution >= 4 is 11.6 Å². The number of hydrogen-bond acceptors (Lipinski definition) is 2. The van der Waals surface area contributed by atoms with Gasteiger partial charge in [-0.3, -0.25) is 0 Å². The highest BCUT2D eigenvalue weighted by molar-refractivity contribution is 5.78. The van der Waals surface area contributed by atoms with Gasteiger partial charge in [-0.25, -0.2) is 9.98 Å². The van der Waals surface area contributed by atoms with E-state index in [0.29, 0.717) is 12.5 Å². The van der Waals surface area contributed by atoms with E-state index in [1.807, 2.05) is 16.7 Å². The zero-order chi connectivity index (χ0) is 14.7. The van der Waals surface area contributed by atoms with E-state index in [9.17, 15) is 0 Å². The first-order chi connectivity index (χ1) is 10.2. The van der Waals surface area contributed by atoms with Crippen LogP contribution in [0.1, 0.15) is 36.9 Å². The van der Waals surface area contributed by atoms with Gasteiger partial charge in [0.15, 0.2) is 5.96 Å². The van der Waals surface area contributed by atoms with Gasteiger partial charge in [-0.05, 0) is 31.4 Å². The van der Waals surface area contributed by atoms with E-state index in [-0.39, 0.29) is 0 Å². The van der Waals surface area contributed by atoms with Crippen LogP contribution in [0.5, 0.6) is 0 Å². The van der Waals surface area contributed by atoms with Gasteiger partial charge < -0.3 is 15.0 Å². The Bertz CT molecular complexity index is 635. The number of nitrogens with zero attached hydrogens (tertiary/aromatic N) is 4. The predicted molar refractivity (Wildman–Crippen MR) is 85.3 cm³/mol. The maximum atomic E-state index is 6.13. The van der Waals surface area contributed by atoms with Gasteiger partial charge in [0, 0.05) is 25.5 Å². The molecule has 0 radical (unpaired) electrons. The third-order valence-corrected chi connectivity index (χ3v) is 3.98.